The molecule has 0 amide bonds. The molecule has 1 aliphatic heterocycles. The maximum Gasteiger partial charge on any atom is 0.126 e. The van der Waals surface area contributed by atoms with Crippen LogP contribution in [0.15, 0.2) is 48.5 Å². The summed E-state index contributed by atoms with van der Waals surface area (Å²) in [7, 11) is 0. The smallest absolute Gasteiger partial charge is 0.126 e. The van der Waals surface area contributed by atoms with Crippen LogP contribution in [-0.2, 0) is 17.6 Å². The molecule has 1 saturated heterocycles. The van der Waals surface area contributed by atoms with E-state index in [1.807, 2.05) is 0 Å². The van der Waals surface area contributed by atoms with E-state index in [-0.39, 0.29) is 5.78 Å². The molecule has 0 aromatic heterocycles. The van der Waals surface area contributed by atoms with Gasteiger partial charge in [-0.2, -0.15) is 0 Å². The van der Waals surface area contributed by atoms with E-state index in [2.05, 4.69) is 60.4 Å². The molecule has 138 valence electrons. The van der Waals surface area contributed by atoms with Gasteiger partial charge in [-0.05, 0) is 81.7 Å². The first-order chi connectivity index (χ1) is 12.5. The molecular weight excluding hydrogens is 318 g/mol. The van der Waals surface area contributed by atoms with Gasteiger partial charge in [0.15, 0.2) is 0 Å². The zero-order chi connectivity index (χ0) is 18.5. The first kappa shape index (κ1) is 18.8. The molecule has 0 N–H and O–H groups in total. The number of ketones is 1. The molecule has 2 unspecified atom stereocenters. The van der Waals surface area contributed by atoms with Crippen LogP contribution >= 0.6 is 0 Å². The highest BCUT2D eigenvalue weighted by Gasteiger charge is 2.30. The fourth-order valence-corrected chi connectivity index (χ4v) is 4.33. The monoisotopic (exact) mass is 349 g/mol. The molecule has 0 radical (unpaired) electrons. The molecule has 2 aromatic carbocycles. The van der Waals surface area contributed by atoms with Crippen molar-refractivity contribution < 1.29 is 4.79 Å². The Hall–Kier alpha value is -1.93. The molecule has 0 saturated carbocycles. The summed E-state index contributed by atoms with van der Waals surface area (Å²) in [5, 5.41) is 0. The SMILES string of the molecule is CC(C)=O.CC1CCCN1C1CCc2cc(-c3ccccc3)ccc2C1. The van der Waals surface area contributed by atoms with Gasteiger partial charge >= 0.3 is 0 Å². The second kappa shape index (κ2) is 8.64. The molecule has 0 spiro atoms. The second-order valence-electron chi connectivity index (χ2n) is 7.88. The van der Waals surface area contributed by atoms with Gasteiger partial charge in [-0.15, -0.1) is 0 Å². The third-order valence-electron chi connectivity index (χ3n) is 5.59. The van der Waals surface area contributed by atoms with Crippen LogP contribution in [0.1, 0.15) is 51.2 Å². The molecule has 0 bridgehead atoms. The highest BCUT2D eigenvalue weighted by Crippen LogP contribution is 2.32. The number of Topliss-reactive ketones (excluding diaryl/α,β-unsaturated/α-hetero) is 1. The number of aryl methyl sites for hydroxylation is 1. The van der Waals surface area contributed by atoms with E-state index in [9.17, 15) is 4.79 Å². The summed E-state index contributed by atoms with van der Waals surface area (Å²) in [4.78, 5) is 12.2. The summed E-state index contributed by atoms with van der Waals surface area (Å²) in [5.41, 5.74) is 5.85. The third kappa shape index (κ3) is 4.62. The highest BCUT2D eigenvalue weighted by atomic mass is 16.1. The van der Waals surface area contributed by atoms with Gasteiger partial charge < -0.3 is 4.79 Å². The Balaban J connectivity index is 0.000000447. The maximum atomic E-state index is 9.44. The maximum absolute atomic E-state index is 9.44. The van der Waals surface area contributed by atoms with Crippen molar-refractivity contribution in [2.75, 3.05) is 6.54 Å². The molecule has 26 heavy (non-hydrogen) atoms. The van der Waals surface area contributed by atoms with Gasteiger partial charge in [-0.25, -0.2) is 0 Å². The molecule has 1 heterocycles. The van der Waals surface area contributed by atoms with Crippen molar-refractivity contribution >= 4 is 5.78 Å². The minimum absolute atomic E-state index is 0.167. The van der Waals surface area contributed by atoms with E-state index in [1.165, 1.54) is 63.6 Å². The quantitative estimate of drug-likeness (QED) is 0.734. The van der Waals surface area contributed by atoms with Crippen LogP contribution < -0.4 is 0 Å². The fourth-order valence-electron chi connectivity index (χ4n) is 4.33. The molecule has 2 aromatic rings. The minimum Gasteiger partial charge on any atom is -0.300 e. The van der Waals surface area contributed by atoms with Gasteiger partial charge in [-0.1, -0.05) is 48.5 Å². The predicted octanol–water partition coefficient (Wildman–Crippen LogP) is 5.29. The zero-order valence-corrected chi connectivity index (χ0v) is 16.4. The van der Waals surface area contributed by atoms with E-state index in [0.29, 0.717) is 0 Å². The summed E-state index contributed by atoms with van der Waals surface area (Å²) in [6, 6.07) is 19.4. The number of benzene rings is 2. The molecule has 2 heteroatoms. The second-order valence-corrected chi connectivity index (χ2v) is 7.88. The Morgan fingerprint density at radius 3 is 2.35 bits per heavy atom. The average molecular weight is 350 g/mol. The Morgan fingerprint density at radius 2 is 1.69 bits per heavy atom. The number of rotatable bonds is 2. The van der Waals surface area contributed by atoms with Crippen molar-refractivity contribution in [2.24, 2.45) is 0 Å². The zero-order valence-electron chi connectivity index (χ0n) is 16.4. The lowest BCUT2D eigenvalue weighted by molar-refractivity contribution is -0.114. The minimum atomic E-state index is 0.167. The van der Waals surface area contributed by atoms with Gasteiger partial charge in [0.25, 0.3) is 0 Å². The summed E-state index contributed by atoms with van der Waals surface area (Å²) in [5.74, 6) is 0.167. The van der Waals surface area contributed by atoms with Crippen LogP contribution in [-0.4, -0.2) is 29.3 Å². The Bertz CT molecular complexity index is 733. The molecule has 2 atom stereocenters. The Kier molecular flexibility index (Phi) is 6.26. The van der Waals surface area contributed by atoms with Crippen molar-refractivity contribution in [3.8, 4) is 11.1 Å². The van der Waals surface area contributed by atoms with Crippen molar-refractivity contribution in [1.82, 2.24) is 4.90 Å². The molecule has 1 aliphatic carbocycles. The lowest BCUT2D eigenvalue weighted by Gasteiger charge is -2.35. The largest absolute Gasteiger partial charge is 0.300 e. The van der Waals surface area contributed by atoms with E-state index >= 15 is 0 Å². The third-order valence-corrected chi connectivity index (χ3v) is 5.59. The van der Waals surface area contributed by atoms with Crippen LogP contribution in [0.5, 0.6) is 0 Å². The van der Waals surface area contributed by atoms with Crippen molar-refractivity contribution in [2.45, 2.75) is 65.0 Å². The van der Waals surface area contributed by atoms with Crippen LogP contribution in [0.25, 0.3) is 11.1 Å². The Labute approximate surface area is 158 Å². The highest BCUT2D eigenvalue weighted by molar-refractivity contribution is 5.72. The number of fused-ring (bicyclic) bond motifs is 1. The number of hydrogen-bond donors (Lipinski definition) is 0. The predicted molar refractivity (Wildman–Crippen MR) is 109 cm³/mol. The lowest BCUT2D eigenvalue weighted by atomic mass is 9.85. The summed E-state index contributed by atoms with van der Waals surface area (Å²) >= 11 is 0. The van der Waals surface area contributed by atoms with Gasteiger partial charge in [0.05, 0.1) is 0 Å². The van der Waals surface area contributed by atoms with Crippen molar-refractivity contribution in [3.05, 3.63) is 59.7 Å². The summed E-state index contributed by atoms with van der Waals surface area (Å²) in [6.45, 7) is 6.77. The van der Waals surface area contributed by atoms with E-state index in [4.69, 9.17) is 0 Å². The Morgan fingerprint density at radius 1 is 0.962 bits per heavy atom. The molecular formula is C24H31NO. The molecule has 1 fully saturated rings. The lowest BCUT2D eigenvalue weighted by Crippen LogP contribution is -2.41. The summed E-state index contributed by atoms with van der Waals surface area (Å²) in [6.07, 6.45) is 6.59. The van der Waals surface area contributed by atoms with Crippen molar-refractivity contribution in [3.63, 3.8) is 0 Å². The molecule has 2 aliphatic rings. The van der Waals surface area contributed by atoms with Crippen LogP contribution in [0.4, 0.5) is 0 Å². The first-order valence-electron chi connectivity index (χ1n) is 9.94. The normalized spacial score (nSPS) is 22.3. The average Bonchev–Trinajstić information content (AvgIpc) is 3.07. The van der Waals surface area contributed by atoms with Gasteiger partial charge in [-0.3, -0.25) is 4.90 Å². The van der Waals surface area contributed by atoms with Crippen LogP contribution in [0.3, 0.4) is 0 Å². The van der Waals surface area contributed by atoms with E-state index in [0.717, 1.165) is 12.1 Å². The standard InChI is InChI=1S/C21H25N.C3H6O/c1-16-6-5-13-22(16)21-12-11-19-14-18(9-10-20(19)15-21)17-7-3-2-4-8-17;1-3(2)4/h2-4,7-10,14,16,21H,5-6,11-13,15H2,1H3;1-2H3. The van der Waals surface area contributed by atoms with Gasteiger partial charge in [0.1, 0.15) is 5.78 Å². The number of carbonyl (C=O) groups is 1. The summed E-state index contributed by atoms with van der Waals surface area (Å²) < 4.78 is 0. The number of carbonyl (C=O) groups excluding carboxylic acids is 1. The fraction of sp³-hybridized carbons (Fsp3) is 0.458. The topological polar surface area (TPSA) is 20.3 Å². The number of likely N-dealkylation sites (tertiary alicyclic amines) is 1. The van der Waals surface area contributed by atoms with Gasteiger partial charge in [0.2, 0.25) is 0 Å². The molecule has 4 rings (SSSR count). The van der Waals surface area contributed by atoms with E-state index in [1.54, 1.807) is 11.1 Å². The van der Waals surface area contributed by atoms with Crippen LogP contribution in [0, 0.1) is 0 Å². The first-order valence-corrected chi connectivity index (χ1v) is 9.94. The number of nitrogens with zero attached hydrogens (tertiary/aromatic N) is 1. The molecule has 2 nitrogen and oxygen atoms in total. The van der Waals surface area contributed by atoms with Gasteiger partial charge in [0, 0.05) is 12.1 Å². The van der Waals surface area contributed by atoms with Crippen molar-refractivity contribution in [1.29, 1.82) is 0 Å². The number of hydrogen-bond acceptors (Lipinski definition) is 2. The van der Waals surface area contributed by atoms with Crippen LogP contribution in [0.2, 0.25) is 0 Å². The van der Waals surface area contributed by atoms with E-state index < -0.39 is 0 Å².